The first-order valence-corrected chi connectivity index (χ1v) is 16.5. The minimum absolute atomic E-state index is 0.150. The molecule has 0 aliphatic carbocycles. The molecule has 0 unspecified atom stereocenters. The monoisotopic (exact) mass is 720 g/mol. The molecule has 12 heteroatoms. The van der Waals surface area contributed by atoms with Crippen LogP contribution in [0.4, 0.5) is 0 Å². The Bertz CT molecular complexity index is 2000. The molecule has 0 radical (unpaired) electrons. The van der Waals surface area contributed by atoms with Crippen molar-refractivity contribution >= 4 is 45.3 Å². The van der Waals surface area contributed by atoms with E-state index in [-0.39, 0.29) is 24.3 Å². The molecule has 0 spiro atoms. The number of thiazole rings is 1. The van der Waals surface area contributed by atoms with E-state index in [1.807, 2.05) is 55.5 Å². The molecule has 1 aromatic heterocycles. The summed E-state index contributed by atoms with van der Waals surface area (Å²) in [6.45, 7) is 5.82. The number of hydrogen-bond acceptors (Lipinski definition) is 10. The zero-order chi connectivity index (χ0) is 33.5. The van der Waals surface area contributed by atoms with Gasteiger partial charge in [-0.25, -0.2) is 14.6 Å². The smallest absolute Gasteiger partial charge is 0.343 e. The molecular weight excluding hydrogens is 688 g/mol. The average Bonchev–Trinajstić information content (AvgIpc) is 3.37. The third-order valence-electron chi connectivity index (χ3n) is 7.16. The first-order chi connectivity index (χ1) is 22.7. The van der Waals surface area contributed by atoms with Gasteiger partial charge < -0.3 is 23.7 Å². The van der Waals surface area contributed by atoms with Gasteiger partial charge in [0.25, 0.3) is 5.56 Å². The van der Waals surface area contributed by atoms with Crippen LogP contribution < -0.4 is 29.1 Å². The second-order valence-electron chi connectivity index (χ2n) is 10.3. The van der Waals surface area contributed by atoms with Gasteiger partial charge in [0.1, 0.15) is 12.4 Å². The Morgan fingerprint density at radius 1 is 0.957 bits per heavy atom. The summed E-state index contributed by atoms with van der Waals surface area (Å²) in [5, 5.41) is 0. The molecule has 3 aromatic carbocycles. The molecule has 0 fully saturated rings. The van der Waals surface area contributed by atoms with Crippen LogP contribution in [0.5, 0.6) is 17.2 Å². The Morgan fingerprint density at radius 2 is 1.72 bits per heavy atom. The molecule has 0 bridgehead atoms. The maximum atomic E-state index is 14.1. The SMILES string of the molecule is CCOC(=O)C1=C(C)N=c2s/c(=C\c3ccc(OCc4ccccc4)c(Br)c3)c(=O)n2[C@H]1c1ccc(OCC(=O)OC)c(OCC)c1. The molecule has 1 aliphatic rings. The van der Waals surface area contributed by atoms with Gasteiger partial charge in [0.2, 0.25) is 0 Å². The van der Waals surface area contributed by atoms with Gasteiger partial charge in [-0.2, -0.15) is 0 Å². The number of benzene rings is 3. The van der Waals surface area contributed by atoms with Crippen molar-refractivity contribution in [3.8, 4) is 17.2 Å². The number of aromatic nitrogens is 1. The maximum Gasteiger partial charge on any atom is 0.343 e. The number of nitrogens with zero attached hydrogens (tertiary/aromatic N) is 2. The molecule has 47 heavy (non-hydrogen) atoms. The van der Waals surface area contributed by atoms with E-state index < -0.39 is 18.0 Å². The van der Waals surface area contributed by atoms with Crippen LogP contribution in [0.25, 0.3) is 6.08 Å². The fourth-order valence-electron chi connectivity index (χ4n) is 5.00. The first kappa shape index (κ1) is 33.7. The highest BCUT2D eigenvalue weighted by Crippen LogP contribution is 2.36. The Morgan fingerprint density at radius 3 is 2.43 bits per heavy atom. The second-order valence-corrected chi connectivity index (χ2v) is 12.1. The van der Waals surface area contributed by atoms with Crippen LogP contribution in [0, 0.1) is 0 Å². The first-order valence-electron chi connectivity index (χ1n) is 14.9. The van der Waals surface area contributed by atoms with Crippen molar-refractivity contribution in [2.75, 3.05) is 26.9 Å². The number of halogens is 1. The van der Waals surface area contributed by atoms with Gasteiger partial charge in [-0.1, -0.05) is 53.8 Å². The highest BCUT2D eigenvalue weighted by Gasteiger charge is 2.34. The highest BCUT2D eigenvalue weighted by atomic mass is 79.9. The molecule has 4 aromatic rings. The number of hydrogen-bond donors (Lipinski definition) is 0. The number of methoxy groups -OCH3 is 1. The topological polar surface area (TPSA) is 115 Å². The molecule has 2 heterocycles. The molecular formula is C35H33BrN2O8S. The normalized spacial score (nSPS) is 14.2. The third-order valence-corrected chi connectivity index (χ3v) is 8.77. The summed E-state index contributed by atoms with van der Waals surface area (Å²) in [6, 6.07) is 19.7. The molecule has 0 N–H and O–H groups in total. The van der Waals surface area contributed by atoms with Crippen molar-refractivity contribution in [2.45, 2.75) is 33.4 Å². The van der Waals surface area contributed by atoms with Crippen LogP contribution in [-0.2, 0) is 25.7 Å². The molecule has 1 aliphatic heterocycles. The summed E-state index contributed by atoms with van der Waals surface area (Å²) in [7, 11) is 1.27. The van der Waals surface area contributed by atoms with E-state index in [0.717, 1.165) is 15.6 Å². The van der Waals surface area contributed by atoms with Gasteiger partial charge in [-0.05, 0) is 83.7 Å². The van der Waals surface area contributed by atoms with Crippen LogP contribution >= 0.6 is 27.3 Å². The minimum Gasteiger partial charge on any atom is -0.490 e. The van der Waals surface area contributed by atoms with Crippen molar-refractivity contribution in [2.24, 2.45) is 4.99 Å². The second kappa shape index (κ2) is 15.3. The number of esters is 2. The van der Waals surface area contributed by atoms with Gasteiger partial charge >= 0.3 is 11.9 Å². The number of fused-ring (bicyclic) bond motifs is 1. The summed E-state index contributed by atoms with van der Waals surface area (Å²) >= 11 is 4.82. The summed E-state index contributed by atoms with van der Waals surface area (Å²) in [4.78, 5) is 44.2. The number of allylic oxidation sites excluding steroid dienone is 1. The molecule has 244 valence electrons. The van der Waals surface area contributed by atoms with Gasteiger partial charge in [-0.3, -0.25) is 9.36 Å². The van der Waals surface area contributed by atoms with Gasteiger partial charge in [0.05, 0.1) is 46.6 Å². The van der Waals surface area contributed by atoms with E-state index in [2.05, 4.69) is 25.7 Å². The lowest BCUT2D eigenvalue weighted by molar-refractivity contribution is -0.143. The Balaban J connectivity index is 1.55. The van der Waals surface area contributed by atoms with Crippen molar-refractivity contribution < 1.29 is 33.3 Å². The molecule has 0 saturated carbocycles. The van der Waals surface area contributed by atoms with Crippen LogP contribution in [0.1, 0.15) is 43.5 Å². The van der Waals surface area contributed by atoms with E-state index in [4.69, 9.17) is 18.9 Å². The summed E-state index contributed by atoms with van der Waals surface area (Å²) in [5.74, 6) is 0.202. The summed E-state index contributed by atoms with van der Waals surface area (Å²) in [6.07, 6.45) is 1.78. The van der Waals surface area contributed by atoms with Crippen molar-refractivity contribution in [1.29, 1.82) is 0 Å². The lowest BCUT2D eigenvalue weighted by atomic mass is 9.95. The third kappa shape index (κ3) is 7.66. The number of ether oxygens (including phenoxy) is 5. The fourth-order valence-corrected chi connectivity index (χ4v) is 6.55. The zero-order valence-electron chi connectivity index (χ0n) is 26.3. The highest BCUT2D eigenvalue weighted by molar-refractivity contribution is 9.10. The van der Waals surface area contributed by atoms with E-state index in [1.54, 1.807) is 38.1 Å². The Labute approximate surface area is 283 Å². The van der Waals surface area contributed by atoms with E-state index in [1.165, 1.54) is 23.0 Å². The van der Waals surface area contributed by atoms with Crippen LogP contribution in [0.2, 0.25) is 0 Å². The van der Waals surface area contributed by atoms with Gasteiger partial charge in [0, 0.05) is 0 Å². The average molecular weight is 722 g/mol. The van der Waals surface area contributed by atoms with Crippen molar-refractivity contribution in [3.63, 3.8) is 0 Å². The Hall–Kier alpha value is -4.68. The zero-order valence-corrected chi connectivity index (χ0v) is 28.7. The van der Waals surface area contributed by atoms with E-state index in [0.29, 0.717) is 51.1 Å². The molecule has 5 rings (SSSR count). The van der Waals surface area contributed by atoms with Crippen molar-refractivity contribution in [3.05, 3.63) is 119 Å². The standard InChI is InChI=1S/C35H33BrN2O8S/c1-5-43-28-18-24(13-15-27(28)46-20-30(39)42-4)32-31(34(41)44-6-2)21(3)37-35-38(32)33(40)29(47-35)17-23-12-14-26(25(36)16-23)45-19-22-10-8-7-9-11-22/h7-18,32H,5-6,19-20H2,1-4H3/b29-17-/t32-/m0/s1. The number of carbonyl (C=O) groups is 2. The van der Waals surface area contributed by atoms with Crippen LogP contribution in [0.15, 0.2) is 92.3 Å². The predicted molar refractivity (Wildman–Crippen MR) is 180 cm³/mol. The summed E-state index contributed by atoms with van der Waals surface area (Å²) in [5.41, 5.74) is 2.75. The quantitative estimate of drug-likeness (QED) is 0.186. The van der Waals surface area contributed by atoms with E-state index in [9.17, 15) is 14.4 Å². The number of rotatable bonds is 12. The largest absolute Gasteiger partial charge is 0.490 e. The lowest BCUT2D eigenvalue weighted by Crippen LogP contribution is -2.40. The molecule has 0 saturated heterocycles. The molecule has 10 nitrogen and oxygen atoms in total. The van der Waals surface area contributed by atoms with Crippen LogP contribution in [-0.4, -0.2) is 43.4 Å². The van der Waals surface area contributed by atoms with E-state index >= 15 is 0 Å². The van der Waals surface area contributed by atoms with Gasteiger partial charge in [0.15, 0.2) is 22.9 Å². The fraction of sp³-hybridized carbons (Fsp3) is 0.257. The van der Waals surface area contributed by atoms with Gasteiger partial charge in [-0.15, -0.1) is 0 Å². The number of carbonyl (C=O) groups excluding carboxylic acids is 2. The molecule has 0 amide bonds. The molecule has 1 atom stereocenters. The summed E-state index contributed by atoms with van der Waals surface area (Å²) < 4.78 is 30.2. The minimum atomic E-state index is -0.859. The Kier molecular flexibility index (Phi) is 10.9. The van der Waals surface area contributed by atoms with Crippen molar-refractivity contribution in [1.82, 2.24) is 4.57 Å². The predicted octanol–water partition coefficient (Wildman–Crippen LogP) is 5.09. The maximum absolute atomic E-state index is 14.1. The lowest BCUT2D eigenvalue weighted by Gasteiger charge is -2.25. The van der Waals surface area contributed by atoms with Crippen LogP contribution in [0.3, 0.4) is 0 Å².